The molecular weight excluding hydrogens is 381 g/mol. The largest absolute Gasteiger partial charge is 0.349 e. The van der Waals surface area contributed by atoms with Crippen LogP contribution in [0.15, 0.2) is 60.9 Å². The van der Waals surface area contributed by atoms with Crippen LogP contribution in [0.3, 0.4) is 0 Å². The predicted octanol–water partition coefficient (Wildman–Crippen LogP) is 4.42. The number of hydrogen-bond acceptors (Lipinski definition) is 4. The molecule has 30 heavy (non-hydrogen) atoms. The zero-order chi connectivity index (χ0) is 20.7. The van der Waals surface area contributed by atoms with Crippen LogP contribution in [0, 0.1) is 5.82 Å². The number of nitrogens with one attached hydrogen (secondary N) is 2. The highest BCUT2D eigenvalue weighted by Gasteiger charge is 2.24. The molecule has 1 aliphatic rings. The molecule has 0 bridgehead atoms. The Morgan fingerprint density at radius 3 is 2.80 bits per heavy atom. The standard InChI is InChI=1S/C23H20FN5O/c1-29(21-12-14(5-8-18(21)24)23(30)27-16-6-7-16)17-10-15-11-20(28-22(15)26-13-17)19-4-2-3-9-25-19/h2-5,8-13,16H,6-7H2,1H3,(H,26,28)(H,27,30). The van der Waals surface area contributed by atoms with E-state index in [1.807, 2.05) is 30.3 Å². The summed E-state index contributed by atoms with van der Waals surface area (Å²) in [5.41, 5.74) is 3.89. The lowest BCUT2D eigenvalue weighted by Crippen LogP contribution is -2.25. The van der Waals surface area contributed by atoms with Crippen LogP contribution in [0.2, 0.25) is 0 Å². The first-order chi connectivity index (χ1) is 14.6. The third-order valence-corrected chi connectivity index (χ3v) is 5.27. The molecule has 1 aromatic carbocycles. The number of carbonyl (C=O) groups is 1. The lowest BCUT2D eigenvalue weighted by Gasteiger charge is -2.20. The smallest absolute Gasteiger partial charge is 0.251 e. The van der Waals surface area contributed by atoms with Crippen molar-refractivity contribution < 1.29 is 9.18 Å². The van der Waals surface area contributed by atoms with Crippen molar-refractivity contribution in [2.75, 3.05) is 11.9 Å². The third-order valence-electron chi connectivity index (χ3n) is 5.27. The van der Waals surface area contributed by atoms with E-state index in [0.717, 1.165) is 35.3 Å². The summed E-state index contributed by atoms with van der Waals surface area (Å²) < 4.78 is 14.6. The van der Waals surface area contributed by atoms with Crippen molar-refractivity contribution >= 4 is 28.3 Å². The highest BCUT2D eigenvalue weighted by atomic mass is 19.1. The van der Waals surface area contributed by atoms with E-state index in [0.29, 0.717) is 16.9 Å². The zero-order valence-corrected chi connectivity index (χ0v) is 16.4. The molecule has 1 fully saturated rings. The monoisotopic (exact) mass is 401 g/mol. The Balaban J connectivity index is 1.46. The summed E-state index contributed by atoms with van der Waals surface area (Å²) in [5.74, 6) is -0.574. The van der Waals surface area contributed by atoms with Crippen molar-refractivity contribution in [2.45, 2.75) is 18.9 Å². The minimum atomic E-state index is -0.399. The van der Waals surface area contributed by atoms with Gasteiger partial charge in [-0.05, 0) is 55.3 Å². The van der Waals surface area contributed by atoms with E-state index >= 15 is 0 Å². The van der Waals surface area contributed by atoms with E-state index in [1.54, 1.807) is 30.4 Å². The summed E-state index contributed by atoms with van der Waals surface area (Å²) in [6.07, 6.45) is 5.42. The lowest BCUT2D eigenvalue weighted by molar-refractivity contribution is 0.0951. The third kappa shape index (κ3) is 3.50. The Morgan fingerprint density at radius 1 is 1.17 bits per heavy atom. The van der Waals surface area contributed by atoms with Gasteiger partial charge < -0.3 is 15.2 Å². The van der Waals surface area contributed by atoms with Crippen molar-refractivity contribution in [3.8, 4) is 11.4 Å². The highest BCUT2D eigenvalue weighted by molar-refractivity contribution is 5.96. The SMILES string of the molecule is CN(c1cnc2[nH]c(-c3ccccn3)cc2c1)c1cc(C(=O)NC2CC2)ccc1F. The number of aromatic amines is 1. The number of aromatic nitrogens is 3. The second-order valence-electron chi connectivity index (χ2n) is 7.50. The fourth-order valence-electron chi connectivity index (χ4n) is 3.39. The number of pyridine rings is 2. The molecule has 3 aromatic heterocycles. The number of amides is 1. The Hall–Kier alpha value is -3.74. The molecule has 0 spiro atoms. The number of rotatable bonds is 5. The number of carbonyl (C=O) groups excluding carboxylic acids is 1. The van der Waals surface area contributed by atoms with Crippen molar-refractivity contribution in [1.29, 1.82) is 0 Å². The summed E-state index contributed by atoms with van der Waals surface area (Å²) in [6, 6.07) is 14.3. The zero-order valence-electron chi connectivity index (χ0n) is 16.4. The van der Waals surface area contributed by atoms with Gasteiger partial charge in [-0.2, -0.15) is 0 Å². The quantitative estimate of drug-likeness (QED) is 0.519. The summed E-state index contributed by atoms with van der Waals surface area (Å²) in [6.45, 7) is 0. The number of halogens is 1. The van der Waals surface area contributed by atoms with Crippen LogP contribution in [-0.4, -0.2) is 33.9 Å². The van der Waals surface area contributed by atoms with Gasteiger partial charge in [0.25, 0.3) is 5.91 Å². The molecule has 1 saturated carbocycles. The topological polar surface area (TPSA) is 73.9 Å². The first kappa shape index (κ1) is 18.3. The van der Waals surface area contributed by atoms with E-state index in [9.17, 15) is 9.18 Å². The van der Waals surface area contributed by atoms with Gasteiger partial charge in [-0.3, -0.25) is 9.78 Å². The van der Waals surface area contributed by atoms with Crippen molar-refractivity contribution in [2.24, 2.45) is 0 Å². The average Bonchev–Trinajstić information content (AvgIpc) is 3.48. The number of benzene rings is 1. The molecule has 4 aromatic rings. The van der Waals surface area contributed by atoms with Crippen LogP contribution in [0.4, 0.5) is 15.8 Å². The molecule has 1 aliphatic carbocycles. The van der Waals surface area contributed by atoms with Gasteiger partial charge in [0.1, 0.15) is 11.5 Å². The first-order valence-electron chi connectivity index (χ1n) is 9.83. The molecule has 0 radical (unpaired) electrons. The fraction of sp³-hybridized carbons (Fsp3) is 0.174. The summed E-state index contributed by atoms with van der Waals surface area (Å²) in [7, 11) is 1.76. The summed E-state index contributed by atoms with van der Waals surface area (Å²) in [4.78, 5) is 26.1. The van der Waals surface area contributed by atoms with Crippen molar-refractivity contribution in [3.63, 3.8) is 0 Å². The number of hydrogen-bond donors (Lipinski definition) is 2. The van der Waals surface area contributed by atoms with Gasteiger partial charge in [0.15, 0.2) is 0 Å². The molecule has 7 heteroatoms. The minimum Gasteiger partial charge on any atom is -0.349 e. The number of fused-ring (bicyclic) bond motifs is 1. The molecule has 6 nitrogen and oxygen atoms in total. The molecule has 0 atom stereocenters. The Labute approximate surface area is 172 Å². The molecule has 2 N–H and O–H groups in total. The van der Waals surface area contributed by atoms with Gasteiger partial charge in [-0.15, -0.1) is 0 Å². The number of nitrogens with zero attached hydrogens (tertiary/aromatic N) is 3. The predicted molar refractivity (Wildman–Crippen MR) is 114 cm³/mol. The van der Waals surface area contributed by atoms with E-state index in [-0.39, 0.29) is 11.9 Å². The maximum Gasteiger partial charge on any atom is 0.251 e. The lowest BCUT2D eigenvalue weighted by atomic mass is 10.1. The molecular formula is C23H20FN5O. The van der Waals surface area contributed by atoms with E-state index in [2.05, 4.69) is 20.3 Å². The van der Waals surface area contributed by atoms with Gasteiger partial charge in [0, 0.05) is 30.2 Å². The second-order valence-corrected chi connectivity index (χ2v) is 7.50. The molecule has 3 heterocycles. The van der Waals surface area contributed by atoms with E-state index < -0.39 is 5.82 Å². The number of H-pyrrole nitrogens is 1. The minimum absolute atomic E-state index is 0.175. The second kappa shape index (κ2) is 7.26. The Kier molecular flexibility index (Phi) is 4.43. The van der Waals surface area contributed by atoms with E-state index in [1.165, 1.54) is 12.1 Å². The van der Waals surface area contributed by atoms with Crippen LogP contribution < -0.4 is 10.2 Å². The van der Waals surface area contributed by atoms with E-state index in [4.69, 9.17) is 0 Å². The van der Waals surface area contributed by atoms with Gasteiger partial charge in [0.2, 0.25) is 0 Å². The summed E-state index contributed by atoms with van der Waals surface area (Å²) >= 11 is 0. The van der Waals surface area contributed by atoms with Gasteiger partial charge in [0.05, 0.1) is 29.0 Å². The van der Waals surface area contributed by atoms with Gasteiger partial charge >= 0.3 is 0 Å². The molecule has 0 saturated heterocycles. The molecule has 0 unspecified atom stereocenters. The average molecular weight is 401 g/mol. The van der Waals surface area contributed by atoms with Gasteiger partial charge in [-0.25, -0.2) is 9.37 Å². The molecule has 5 rings (SSSR count). The van der Waals surface area contributed by atoms with Gasteiger partial charge in [-0.1, -0.05) is 6.07 Å². The molecule has 1 amide bonds. The highest BCUT2D eigenvalue weighted by Crippen LogP contribution is 2.30. The Morgan fingerprint density at radius 2 is 2.03 bits per heavy atom. The van der Waals surface area contributed by atoms with Crippen molar-refractivity contribution in [1.82, 2.24) is 20.3 Å². The first-order valence-corrected chi connectivity index (χ1v) is 9.83. The maximum atomic E-state index is 14.6. The fourth-order valence-corrected chi connectivity index (χ4v) is 3.39. The van der Waals surface area contributed by atoms with Crippen LogP contribution >= 0.6 is 0 Å². The van der Waals surface area contributed by atoms with Crippen LogP contribution in [-0.2, 0) is 0 Å². The number of anilines is 2. The Bertz CT molecular complexity index is 1230. The molecule has 0 aliphatic heterocycles. The summed E-state index contributed by atoms with van der Waals surface area (Å²) in [5, 5.41) is 3.83. The van der Waals surface area contributed by atoms with Crippen LogP contribution in [0.25, 0.3) is 22.4 Å². The van der Waals surface area contributed by atoms with Crippen molar-refractivity contribution in [3.05, 3.63) is 72.3 Å². The molecule has 150 valence electrons. The maximum absolute atomic E-state index is 14.6. The van der Waals surface area contributed by atoms with Crippen LogP contribution in [0.1, 0.15) is 23.2 Å². The normalized spacial score (nSPS) is 13.4. The van der Waals surface area contributed by atoms with Crippen LogP contribution in [0.5, 0.6) is 0 Å².